The van der Waals surface area contributed by atoms with Crippen molar-refractivity contribution in [2.75, 3.05) is 13.2 Å². The maximum atomic E-state index is 5.48. The molecule has 0 aliphatic carbocycles. The molecule has 0 saturated carbocycles. The van der Waals surface area contributed by atoms with Gasteiger partial charge in [0.2, 0.25) is 0 Å². The van der Waals surface area contributed by atoms with Gasteiger partial charge in [0, 0.05) is 5.56 Å². The molecule has 1 heterocycles. The van der Waals surface area contributed by atoms with Gasteiger partial charge in [-0.2, -0.15) is 0 Å². The van der Waals surface area contributed by atoms with E-state index in [-0.39, 0.29) is 6.29 Å². The molecule has 1 aromatic carbocycles. The highest BCUT2D eigenvalue weighted by molar-refractivity contribution is 5.22. The van der Waals surface area contributed by atoms with Crippen LogP contribution in [0.2, 0.25) is 0 Å². The molecule has 1 fully saturated rings. The van der Waals surface area contributed by atoms with Crippen molar-refractivity contribution < 1.29 is 9.47 Å². The van der Waals surface area contributed by atoms with Gasteiger partial charge in [-0.1, -0.05) is 29.8 Å². The lowest BCUT2D eigenvalue weighted by Crippen LogP contribution is -2.17. The summed E-state index contributed by atoms with van der Waals surface area (Å²) in [5.74, 6) is 0. The molecule has 2 heteroatoms. The van der Waals surface area contributed by atoms with Gasteiger partial charge < -0.3 is 9.47 Å². The van der Waals surface area contributed by atoms with E-state index < -0.39 is 0 Å². The predicted octanol–water partition coefficient (Wildman–Crippen LogP) is 2.43. The van der Waals surface area contributed by atoms with Crippen molar-refractivity contribution in [1.29, 1.82) is 0 Å². The SMILES string of the molecule is Cc1ccc(C2OCCCO2)cc1. The first-order chi connectivity index (χ1) is 6.36. The van der Waals surface area contributed by atoms with Crippen molar-refractivity contribution in [1.82, 2.24) is 0 Å². The van der Waals surface area contributed by atoms with E-state index in [0.29, 0.717) is 0 Å². The van der Waals surface area contributed by atoms with Gasteiger partial charge in [0.15, 0.2) is 6.29 Å². The number of hydrogen-bond donors (Lipinski definition) is 0. The van der Waals surface area contributed by atoms with Gasteiger partial charge in [-0.3, -0.25) is 0 Å². The molecule has 1 aliphatic rings. The Bertz CT molecular complexity index is 260. The first kappa shape index (κ1) is 8.73. The fourth-order valence-corrected chi connectivity index (χ4v) is 1.40. The maximum absolute atomic E-state index is 5.48. The van der Waals surface area contributed by atoms with Gasteiger partial charge in [-0.05, 0) is 13.3 Å². The summed E-state index contributed by atoms with van der Waals surface area (Å²) in [5, 5.41) is 0. The van der Waals surface area contributed by atoms with Crippen LogP contribution in [0.3, 0.4) is 0 Å². The molecule has 2 nitrogen and oxygen atoms in total. The third kappa shape index (κ3) is 2.08. The summed E-state index contributed by atoms with van der Waals surface area (Å²) in [5.41, 5.74) is 2.38. The van der Waals surface area contributed by atoms with E-state index in [0.717, 1.165) is 25.2 Å². The Morgan fingerprint density at radius 2 is 1.69 bits per heavy atom. The first-order valence-electron chi connectivity index (χ1n) is 4.66. The van der Waals surface area contributed by atoms with Crippen LogP contribution in [-0.4, -0.2) is 13.2 Å². The Balaban J connectivity index is 2.10. The van der Waals surface area contributed by atoms with Crippen LogP contribution >= 0.6 is 0 Å². The first-order valence-corrected chi connectivity index (χ1v) is 4.66. The molecule has 70 valence electrons. The lowest BCUT2D eigenvalue weighted by molar-refractivity contribution is -0.183. The fraction of sp³-hybridized carbons (Fsp3) is 0.455. The van der Waals surface area contributed by atoms with Crippen molar-refractivity contribution in [3.8, 4) is 0 Å². The Labute approximate surface area is 78.5 Å². The summed E-state index contributed by atoms with van der Waals surface area (Å²) >= 11 is 0. The molecule has 0 amide bonds. The van der Waals surface area contributed by atoms with E-state index in [4.69, 9.17) is 9.47 Å². The highest BCUT2D eigenvalue weighted by Gasteiger charge is 2.15. The zero-order valence-electron chi connectivity index (χ0n) is 7.82. The third-order valence-corrected chi connectivity index (χ3v) is 2.18. The van der Waals surface area contributed by atoms with Gasteiger partial charge in [0.05, 0.1) is 13.2 Å². The Morgan fingerprint density at radius 1 is 1.08 bits per heavy atom. The van der Waals surface area contributed by atoms with Gasteiger partial charge in [0.25, 0.3) is 0 Å². The standard InChI is InChI=1S/C11H14O2/c1-9-3-5-10(6-4-9)11-12-7-2-8-13-11/h3-6,11H,2,7-8H2,1H3. The summed E-state index contributed by atoms with van der Waals surface area (Å²) in [6.45, 7) is 3.68. The molecule has 0 N–H and O–H groups in total. The lowest BCUT2D eigenvalue weighted by Gasteiger charge is -2.23. The van der Waals surface area contributed by atoms with E-state index in [2.05, 4.69) is 31.2 Å². The summed E-state index contributed by atoms with van der Waals surface area (Å²) in [7, 11) is 0. The molecular formula is C11H14O2. The molecule has 1 saturated heterocycles. The number of hydrogen-bond acceptors (Lipinski definition) is 2. The smallest absolute Gasteiger partial charge is 0.183 e. The van der Waals surface area contributed by atoms with Crippen LogP contribution in [-0.2, 0) is 9.47 Å². The second-order valence-corrected chi connectivity index (χ2v) is 3.34. The molecule has 0 atom stereocenters. The zero-order valence-corrected chi connectivity index (χ0v) is 7.82. The number of ether oxygens (including phenoxy) is 2. The van der Waals surface area contributed by atoms with Crippen LogP contribution in [0.25, 0.3) is 0 Å². The maximum Gasteiger partial charge on any atom is 0.183 e. The average Bonchev–Trinajstić information content (AvgIpc) is 2.20. The predicted molar refractivity (Wildman–Crippen MR) is 50.4 cm³/mol. The van der Waals surface area contributed by atoms with Crippen LogP contribution in [0, 0.1) is 6.92 Å². The van der Waals surface area contributed by atoms with Crippen LogP contribution in [0.1, 0.15) is 23.8 Å². The number of aryl methyl sites for hydroxylation is 1. The highest BCUT2D eigenvalue weighted by Crippen LogP contribution is 2.22. The van der Waals surface area contributed by atoms with Crippen LogP contribution in [0.4, 0.5) is 0 Å². The Morgan fingerprint density at radius 3 is 2.31 bits per heavy atom. The van der Waals surface area contributed by atoms with E-state index in [1.165, 1.54) is 5.56 Å². The molecule has 0 aromatic heterocycles. The second kappa shape index (κ2) is 3.90. The molecule has 1 aromatic rings. The van der Waals surface area contributed by atoms with Gasteiger partial charge in [-0.25, -0.2) is 0 Å². The minimum atomic E-state index is -0.144. The van der Waals surface area contributed by atoms with Crippen LogP contribution < -0.4 is 0 Å². The van der Waals surface area contributed by atoms with Crippen molar-refractivity contribution in [3.63, 3.8) is 0 Å². The second-order valence-electron chi connectivity index (χ2n) is 3.34. The van der Waals surface area contributed by atoms with E-state index in [1.54, 1.807) is 0 Å². The van der Waals surface area contributed by atoms with Gasteiger partial charge >= 0.3 is 0 Å². The van der Waals surface area contributed by atoms with Crippen molar-refractivity contribution in [2.24, 2.45) is 0 Å². The molecule has 1 aliphatic heterocycles. The van der Waals surface area contributed by atoms with E-state index in [9.17, 15) is 0 Å². The molecule has 0 radical (unpaired) electrons. The molecule has 0 bridgehead atoms. The highest BCUT2D eigenvalue weighted by atomic mass is 16.7. The van der Waals surface area contributed by atoms with Gasteiger partial charge in [0.1, 0.15) is 0 Å². The van der Waals surface area contributed by atoms with E-state index >= 15 is 0 Å². The van der Waals surface area contributed by atoms with Crippen LogP contribution in [0.5, 0.6) is 0 Å². The monoisotopic (exact) mass is 178 g/mol. The molecular weight excluding hydrogens is 164 g/mol. The number of benzene rings is 1. The summed E-state index contributed by atoms with van der Waals surface area (Å²) in [6.07, 6.45) is 0.858. The van der Waals surface area contributed by atoms with Crippen molar-refractivity contribution in [2.45, 2.75) is 19.6 Å². The van der Waals surface area contributed by atoms with Gasteiger partial charge in [-0.15, -0.1) is 0 Å². The van der Waals surface area contributed by atoms with Crippen LogP contribution in [0.15, 0.2) is 24.3 Å². The van der Waals surface area contributed by atoms with Crippen molar-refractivity contribution in [3.05, 3.63) is 35.4 Å². The molecule has 2 rings (SSSR count). The fourth-order valence-electron chi connectivity index (χ4n) is 1.40. The minimum Gasteiger partial charge on any atom is -0.348 e. The minimum absolute atomic E-state index is 0.144. The summed E-state index contributed by atoms with van der Waals surface area (Å²) < 4.78 is 11.0. The third-order valence-electron chi connectivity index (χ3n) is 2.18. The normalized spacial score (nSPS) is 18.8. The summed E-state index contributed by atoms with van der Waals surface area (Å²) in [6, 6.07) is 8.28. The number of rotatable bonds is 1. The quantitative estimate of drug-likeness (QED) is 0.657. The van der Waals surface area contributed by atoms with Crippen molar-refractivity contribution >= 4 is 0 Å². The Kier molecular flexibility index (Phi) is 2.62. The average molecular weight is 178 g/mol. The lowest BCUT2D eigenvalue weighted by atomic mass is 10.1. The topological polar surface area (TPSA) is 18.5 Å². The molecule has 0 spiro atoms. The Hall–Kier alpha value is -0.860. The van der Waals surface area contributed by atoms with E-state index in [1.807, 2.05) is 0 Å². The molecule has 13 heavy (non-hydrogen) atoms. The molecule has 0 unspecified atom stereocenters. The largest absolute Gasteiger partial charge is 0.348 e. The summed E-state index contributed by atoms with van der Waals surface area (Å²) in [4.78, 5) is 0. The zero-order chi connectivity index (χ0) is 9.10.